The lowest BCUT2D eigenvalue weighted by Crippen LogP contribution is -2.38. The smallest absolute Gasteiger partial charge is 0.275 e. The second-order valence-electron chi connectivity index (χ2n) is 5.75. The van der Waals surface area contributed by atoms with Crippen LogP contribution in [-0.2, 0) is 0 Å². The molecule has 1 aromatic heterocycles. The van der Waals surface area contributed by atoms with Crippen LogP contribution < -0.4 is 0 Å². The van der Waals surface area contributed by atoms with E-state index >= 15 is 0 Å². The molecule has 0 fully saturated rings. The van der Waals surface area contributed by atoms with Gasteiger partial charge in [-0.3, -0.25) is 9.89 Å². The summed E-state index contributed by atoms with van der Waals surface area (Å²) in [6, 6.07) is 0.186. The topological polar surface area (TPSA) is 49.0 Å². The number of aromatic nitrogens is 2. The molecule has 1 heterocycles. The molecule has 0 aromatic carbocycles. The van der Waals surface area contributed by atoms with Crippen LogP contribution in [0.2, 0.25) is 0 Å². The van der Waals surface area contributed by atoms with Crippen molar-refractivity contribution < 1.29 is 4.79 Å². The first-order valence-electron chi connectivity index (χ1n) is 7.44. The van der Waals surface area contributed by atoms with Gasteiger partial charge in [-0.05, 0) is 42.1 Å². The highest BCUT2D eigenvalue weighted by atomic mass is 79.9. The van der Waals surface area contributed by atoms with Crippen LogP contribution in [0.15, 0.2) is 4.47 Å². The van der Waals surface area contributed by atoms with Crippen LogP contribution >= 0.6 is 15.9 Å². The van der Waals surface area contributed by atoms with Gasteiger partial charge in [0.05, 0.1) is 10.2 Å². The Morgan fingerprint density at radius 3 is 2.40 bits per heavy atom. The van der Waals surface area contributed by atoms with Gasteiger partial charge in [0.15, 0.2) is 5.69 Å². The fourth-order valence-corrected chi connectivity index (χ4v) is 2.93. The third-order valence-corrected chi connectivity index (χ3v) is 4.20. The fraction of sp³-hybridized carbons (Fsp3) is 0.733. The molecule has 0 saturated heterocycles. The first-order valence-corrected chi connectivity index (χ1v) is 8.24. The van der Waals surface area contributed by atoms with E-state index in [1.165, 1.54) is 0 Å². The number of carbonyl (C=O) groups excluding carboxylic acids is 1. The molecule has 0 bridgehead atoms. The SMILES string of the molecule is CCCCCN(C(=O)c1n[nH]c(C(C)C)c1Br)C(C)C. The van der Waals surface area contributed by atoms with Crippen LogP contribution in [0.25, 0.3) is 0 Å². The summed E-state index contributed by atoms with van der Waals surface area (Å²) in [7, 11) is 0. The minimum atomic E-state index is 0.00567. The Labute approximate surface area is 130 Å². The summed E-state index contributed by atoms with van der Waals surface area (Å²) in [6.07, 6.45) is 3.35. The van der Waals surface area contributed by atoms with Crippen LogP contribution in [0.3, 0.4) is 0 Å². The molecule has 1 aromatic rings. The number of aromatic amines is 1. The maximum Gasteiger partial charge on any atom is 0.275 e. The molecule has 0 radical (unpaired) electrons. The lowest BCUT2D eigenvalue weighted by Gasteiger charge is -2.26. The summed E-state index contributed by atoms with van der Waals surface area (Å²) in [4.78, 5) is 14.6. The van der Waals surface area contributed by atoms with E-state index in [1.807, 2.05) is 18.7 Å². The monoisotopic (exact) mass is 343 g/mol. The van der Waals surface area contributed by atoms with Gasteiger partial charge in [0.2, 0.25) is 0 Å². The van der Waals surface area contributed by atoms with Gasteiger partial charge in [0.1, 0.15) is 0 Å². The molecule has 0 saturated carbocycles. The highest BCUT2D eigenvalue weighted by Gasteiger charge is 2.25. The van der Waals surface area contributed by atoms with E-state index in [1.54, 1.807) is 0 Å². The fourth-order valence-electron chi connectivity index (χ4n) is 2.13. The molecule has 0 aliphatic rings. The highest BCUT2D eigenvalue weighted by molar-refractivity contribution is 9.10. The van der Waals surface area contributed by atoms with Crippen molar-refractivity contribution in [1.82, 2.24) is 15.1 Å². The normalized spacial score (nSPS) is 11.4. The van der Waals surface area contributed by atoms with Gasteiger partial charge in [-0.1, -0.05) is 33.6 Å². The largest absolute Gasteiger partial charge is 0.335 e. The maximum atomic E-state index is 12.7. The molecule has 1 rings (SSSR count). The molecule has 1 N–H and O–H groups in total. The first kappa shape index (κ1) is 17.2. The number of unbranched alkanes of at least 4 members (excludes halogenated alkanes) is 2. The maximum absolute atomic E-state index is 12.7. The summed E-state index contributed by atoms with van der Waals surface area (Å²) in [6.45, 7) is 11.2. The van der Waals surface area contributed by atoms with E-state index in [-0.39, 0.29) is 11.9 Å². The number of nitrogens with zero attached hydrogens (tertiary/aromatic N) is 2. The molecule has 0 spiro atoms. The van der Waals surface area contributed by atoms with Crippen molar-refractivity contribution in [3.63, 3.8) is 0 Å². The molecular formula is C15H26BrN3O. The van der Waals surface area contributed by atoms with Gasteiger partial charge in [0.25, 0.3) is 5.91 Å². The van der Waals surface area contributed by atoms with Gasteiger partial charge in [-0.15, -0.1) is 0 Å². The minimum absolute atomic E-state index is 0.00567. The predicted octanol–water partition coefficient (Wildman–Crippen LogP) is 4.34. The van der Waals surface area contributed by atoms with E-state index in [2.05, 4.69) is 46.9 Å². The Balaban J connectivity index is 2.89. The van der Waals surface area contributed by atoms with E-state index in [4.69, 9.17) is 0 Å². The molecule has 0 aliphatic heterocycles. The van der Waals surface area contributed by atoms with Crippen LogP contribution in [0.5, 0.6) is 0 Å². The van der Waals surface area contributed by atoms with E-state index in [9.17, 15) is 4.79 Å². The number of nitrogens with one attached hydrogen (secondary N) is 1. The molecule has 114 valence electrons. The second kappa shape index (κ2) is 7.81. The van der Waals surface area contributed by atoms with Gasteiger partial charge >= 0.3 is 0 Å². The molecule has 0 atom stereocenters. The zero-order valence-corrected chi connectivity index (χ0v) is 14.7. The number of amides is 1. The minimum Gasteiger partial charge on any atom is -0.335 e. The number of hydrogen-bond donors (Lipinski definition) is 1. The van der Waals surface area contributed by atoms with Gasteiger partial charge in [-0.2, -0.15) is 5.10 Å². The Kier molecular flexibility index (Phi) is 6.72. The Morgan fingerprint density at radius 2 is 1.95 bits per heavy atom. The summed E-state index contributed by atoms with van der Waals surface area (Å²) >= 11 is 3.51. The van der Waals surface area contributed by atoms with E-state index in [0.717, 1.165) is 36.0 Å². The molecule has 0 aliphatic carbocycles. The number of H-pyrrole nitrogens is 1. The molecule has 1 amide bonds. The van der Waals surface area contributed by atoms with E-state index < -0.39 is 0 Å². The number of carbonyl (C=O) groups is 1. The van der Waals surface area contributed by atoms with Crippen molar-refractivity contribution >= 4 is 21.8 Å². The molecule has 20 heavy (non-hydrogen) atoms. The predicted molar refractivity (Wildman–Crippen MR) is 86.1 cm³/mol. The number of hydrogen-bond acceptors (Lipinski definition) is 2. The molecule has 5 heteroatoms. The Hall–Kier alpha value is -0.840. The van der Waals surface area contributed by atoms with Crippen LogP contribution in [-0.4, -0.2) is 33.6 Å². The summed E-state index contributed by atoms with van der Waals surface area (Å²) in [5.41, 5.74) is 1.48. The summed E-state index contributed by atoms with van der Waals surface area (Å²) in [5, 5.41) is 7.18. The van der Waals surface area contributed by atoms with Crippen molar-refractivity contribution in [3.05, 3.63) is 15.9 Å². The molecule has 0 unspecified atom stereocenters. The lowest BCUT2D eigenvalue weighted by molar-refractivity contribution is 0.0695. The highest BCUT2D eigenvalue weighted by Crippen LogP contribution is 2.26. The molecular weight excluding hydrogens is 318 g/mol. The lowest BCUT2D eigenvalue weighted by atomic mass is 10.1. The quantitative estimate of drug-likeness (QED) is 0.748. The van der Waals surface area contributed by atoms with Gasteiger partial charge < -0.3 is 4.90 Å². The first-order chi connectivity index (χ1) is 9.40. The zero-order chi connectivity index (χ0) is 15.3. The third-order valence-electron chi connectivity index (χ3n) is 3.40. The van der Waals surface area contributed by atoms with Crippen molar-refractivity contribution in [2.45, 2.75) is 65.8 Å². The average Bonchev–Trinajstić information content (AvgIpc) is 2.75. The van der Waals surface area contributed by atoms with Crippen molar-refractivity contribution in [2.24, 2.45) is 0 Å². The van der Waals surface area contributed by atoms with Crippen LogP contribution in [0, 0.1) is 0 Å². The summed E-state index contributed by atoms with van der Waals surface area (Å²) in [5.74, 6) is 0.317. The van der Waals surface area contributed by atoms with Crippen molar-refractivity contribution in [2.75, 3.05) is 6.54 Å². The van der Waals surface area contributed by atoms with Crippen molar-refractivity contribution in [3.8, 4) is 0 Å². The Morgan fingerprint density at radius 1 is 1.30 bits per heavy atom. The van der Waals surface area contributed by atoms with Crippen molar-refractivity contribution in [1.29, 1.82) is 0 Å². The van der Waals surface area contributed by atoms with Crippen LogP contribution in [0.4, 0.5) is 0 Å². The van der Waals surface area contributed by atoms with E-state index in [0.29, 0.717) is 11.6 Å². The zero-order valence-electron chi connectivity index (χ0n) is 13.2. The van der Waals surface area contributed by atoms with Gasteiger partial charge in [-0.25, -0.2) is 0 Å². The third kappa shape index (κ3) is 4.08. The number of halogens is 1. The van der Waals surface area contributed by atoms with Gasteiger partial charge in [0, 0.05) is 12.6 Å². The second-order valence-corrected chi connectivity index (χ2v) is 6.55. The standard InChI is InChI=1S/C15H26BrN3O/c1-6-7-8-9-19(11(4)5)15(20)14-12(16)13(10(2)3)17-18-14/h10-11H,6-9H2,1-5H3,(H,17,18). The Bertz CT molecular complexity index is 440. The number of rotatable bonds is 7. The van der Waals surface area contributed by atoms with Crippen LogP contribution in [0.1, 0.15) is 76.0 Å². The summed E-state index contributed by atoms with van der Waals surface area (Å²) < 4.78 is 0.804. The molecule has 4 nitrogen and oxygen atoms in total. The average molecular weight is 344 g/mol.